The van der Waals surface area contributed by atoms with Crippen LogP contribution in [-0.2, 0) is 16.1 Å². The Morgan fingerprint density at radius 2 is 2.17 bits per heavy atom. The normalized spacial score (nSPS) is 10.6. The fraction of sp³-hybridized carbons (Fsp3) is 0.211. The molecule has 0 saturated heterocycles. The first-order chi connectivity index (χ1) is 14.0. The Labute approximate surface area is 170 Å². The fourth-order valence-corrected chi connectivity index (χ4v) is 3.57. The number of non-ortho nitro benzene ring substituents is 1. The first-order valence-electron chi connectivity index (χ1n) is 8.59. The van der Waals surface area contributed by atoms with Crippen molar-refractivity contribution in [2.24, 2.45) is 0 Å². The van der Waals surface area contributed by atoms with Crippen LogP contribution in [0.25, 0.3) is 11.0 Å². The van der Waals surface area contributed by atoms with E-state index in [0.717, 1.165) is 17.1 Å². The Morgan fingerprint density at radius 3 is 2.90 bits per heavy atom. The number of benzene rings is 2. The minimum atomic E-state index is -0.590. The van der Waals surface area contributed by atoms with Crippen molar-refractivity contribution in [3.05, 3.63) is 58.1 Å². The number of fused-ring (bicyclic) bond motifs is 1. The average Bonchev–Trinajstić information content (AvgIpc) is 3.08. The molecule has 9 nitrogen and oxygen atoms in total. The van der Waals surface area contributed by atoms with Gasteiger partial charge < -0.3 is 14.6 Å². The van der Waals surface area contributed by atoms with Gasteiger partial charge in [0.25, 0.3) is 5.69 Å². The number of ether oxygens (including phenoxy) is 1. The van der Waals surface area contributed by atoms with Crippen LogP contribution < -0.4 is 5.32 Å². The van der Waals surface area contributed by atoms with Gasteiger partial charge >= 0.3 is 0 Å². The van der Waals surface area contributed by atoms with Crippen LogP contribution in [0.4, 0.5) is 11.4 Å². The third kappa shape index (κ3) is 4.71. The molecule has 3 aromatic rings. The van der Waals surface area contributed by atoms with Crippen LogP contribution >= 0.6 is 11.8 Å². The number of methoxy groups -OCH3 is 1. The van der Waals surface area contributed by atoms with E-state index in [1.165, 1.54) is 23.9 Å². The number of imidazole rings is 1. The number of aromatic nitrogens is 2. The topological polar surface area (TPSA) is 123 Å². The highest BCUT2D eigenvalue weighted by Gasteiger charge is 2.15. The molecule has 1 heterocycles. The fourth-order valence-electron chi connectivity index (χ4n) is 2.73. The highest BCUT2D eigenvalue weighted by molar-refractivity contribution is 7.99. The molecule has 10 heteroatoms. The third-order valence-electron chi connectivity index (χ3n) is 4.08. The van der Waals surface area contributed by atoms with Gasteiger partial charge in [0.2, 0.25) is 5.91 Å². The molecule has 0 radical (unpaired) electrons. The predicted octanol–water partition coefficient (Wildman–Crippen LogP) is 3.19. The van der Waals surface area contributed by atoms with Crippen molar-refractivity contribution >= 4 is 40.1 Å². The number of para-hydroxylation sites is 2. The number of nitro benzene ring substituents is 1. The number of carbonyl (C=O) groups is 1. The summed E-state index contributed by atoms with van der Waals surface area (Å²) in [6, 6.07) is 13.3. The van der Waals surface area contributed by atoms with Crippen molar-refractivity contribution in [1.29, 1.82) is 5.26 Å². The van der Waals surface area contributed by atoms with Crippen LogP contribution in [0.2, 0.25) is 0 Å². The molecular formula is C19H17N5O4S. The molecule has 0 aliphatic heterocycles. The van der Waals surface area contributed by atoms with Gasteiger partial charge in [0.1, 0.15) is 6.07 Å². The molecule has 29 heavy (non-hydrogen) atoms. The highest BCUT2D eigenvalue weighted by Crippen LogP contribution is 2.25. The molecule has 0 atom stereocenters. The van der Waals surface area contributed by atoms with Crippen LogP contribution in [0.5, 0.6) is 0 Å². The Balaban J connectivity index is 1.73. The summed E-state index contributed by atoms with van der Waals surface area (Å²) in [4.78, 5) is 27.2. The van der Waals surface area contributed by atoms with Gasteiger partial charge in [-0.25, -0.2) is 4.98 Å². The van der Waals surface area contributed by atoms with Crippen LogP contribution in [0.15, 0.2) is 47.6 Å². The van der Waals surface area contributed by atoms with E-state index < -0.39 is 4.92 Å². The SMILES string of the molecule is COCCn1c(SCC(=O)Nc2ccc([N+](=O)[O-])cc2C#N)nc2ccccc21. The summed E-state index contributed by atoms with van der Waals surface area (Å²) in [5.41, 5.74) is 1.84. The van der Waals surface area contributed by atoms with Crippen LogP contribution in [0, 0.1) is 21.4 Å². The second-order valence-electron chi connectivity index (χ2n) is 5.96. The van der Waals surface area contributed by atoms with E-state index >= 15 is 0 Å². The molecule has 1 N–H and O–H groups in total. The molecule has 0 unspecified atom stereocenters. The number of amides is 1. The van der Waals surface area contributed by atoms with Crippen LogP contribution in [0.1, 0.15) is 5.56 Å². The van der Waals surface area contributed by atoms with Crippen molar-refractivity contribution in [2.45, 2.75) is 11.7 Å². The van der Waals surface area contributed by atoms with E-state index in [-0.39, 0.29) is 28.6 Å². The number of hydrogen-bond acceptors (Lipinski definition) is 7. The molecule has 2 aromatic carbocycles. The van der Waals surface area contributed by atoms with Gasteiger partial charge in [-0.2, -0.15) is 5.26 Å². The lowest BCUT2D eigenvalue weighted by Gasteiger charge is -2.09. The van der Waals surface area contributed by atoms with Crippen LogP contribution in [0.3, 0.4) is 0 Å². The zero-order chi connectivity index (χ0) is 20.8. The molecule has 0 saturated carbocycles. The predicted molar refractivity (Wildman–Crippen MR) is 109 cm³/mol. The van der Waals surface area contributed by atoms with Gasteiger partial charge in [0, 0.05) is 25.8 Å². The first-order valence-corrected chi connectivity index (χ1v) is 9.57. The highest BCUT2D eigenvalue weighted by atomic mass is 32.2. The number of nitrogens with one attached hydrogen (secondary N) is 1. The summed E-state index contributed by atoms with van der Waals surface area (Å²) in [7, 11) is 1.62. The molecule has 3 rings (SSSR count). The standard InChI is InChI=1S/C19H17N5O4S/c1-28-9-8-23-17-5-3-2-4-16(17)22-19(23)29-12-18(25)21-15-7-6-14(24(26)27)10-13(15)11-20/h2-7,10H,8-9,12H2,1H3,(H,21,25). The van der Waals surface area contributed by atoms with Gasteiger partial charge in [-0.3, -0.25) is 14.9 Å². The van der Waals surface area contributed by atoms with Gasteiger partial charge in [0.15, 0.2) is 5.16 Å². The number of thioether (sulfide) groups is 1. The molecule has 148 valence electrons. The van der Waals surface area contributed by atoms with Gasteiger partial charge in [-0.1, -0.05) is 23.9 Å². The Kier molecular flexibility index (Phi) is 6.43. The summed E-state index contributed by atoms with van der Waals surface area (Å²) in [5.74, 6) is -0.274. The zero-order valence-electron chi connectivity index (χ0n) is 15.5. The molecule has 0 bridgehead atoms. The first kappa shape index (κ1) is 20.3. The van der Waals surface area contributed by atoms with E-state index in [4.69, 9.17) is 4.74 Å². The summed E-state index contributed by atoms with van der Waals surface area (Å²) < 4.78 is 7.15. The van der Waals surface area contributed by atoms with Crippen LogP contribution in [-0.4, -0.2) is 39.9 Å². The van der Waals surface area contributed by atoms with Gasteiger partial charge in [-0.15, -0.1) is 0 Å². The van der Waals surface area contributed by atoms with Gasteiger partial charge in [-0.05, 0) is 18.2 Å². The Hall–Kier alpha value is -3.42. The van der Waals surface area contributed by atoms with Crippen molar-refractivity contribution in [3.8, 4) is 6.07 Å². The molecule has 0 aliphatic carbocycles. The molecular weight excluding hydrogens is 394 g/mol. The Morgan fingerprint density at radius 1 is 1.38 bits per heavy atom. The number of nitriles is 1. The van der Waals surface area contributed by atoms with Crippen molar-refractivity contribution in [3.63, 3.8) is 0 Å². The molecule has 1 aromatic heterocycles. The van der Waals surface area contributed by atoms with E-state index in [9.17, 15) is 20.2 Å². The lowest BCUT2D eigenvalue weighted by molar-refractivity contribution is -0.384. The second kappa shape index (κ2) is 9.18. The summed E-state index contributed by atoms with van der Waals surface area (Å²) in [5, 5.41) is 23.3. The molecule has 0 spiro atoms. The van der Waals surface area contributed by atoms with Crippen molar-refractivity contribution < 1.29 is 14.5 Å². The van der Waals surface area contributed by atoms with Crippen molar-refractivity contribution in [1.82, 2.24) is 9.55 Å². The quantitative estimate of drug-likeness (QED) is 0.343. The maximum Gasteiger partial charge on any atom is 0.270 e. The maximum atomic E-state index is 12.4. The van der Waals surface area contributed by atoms with Gasteiger partial charge in [0.05, 0.1) is 39.6 Å². The zero-order valence-corrected chi connectivity index (χ0v) is 16.3. The number of hydrogen-bond donors (Lipinski definition) is 1. The van der Waals surface area contributed by atoms with Crippen molar-refractivity contribution in [2.75, 3.05) is 24.8 Å². The summed E-state index contributed by atoms with van der Waals surface area (Å²) >= 11 is 1.27. The monoisotopic (exact) mass is 411 g/mol. The maximum absolute atomic E-state index is 12.4. The van der Waals surface area contributed by atoms with E-state index in [0.29, 0.717) is 18.3 Å². The number of carbonyl (C=O) groups excluding carboxylic acids is 1. The second-order valence-corrected chi connectivity index (χ2v) is 6.91. The molecule has 1 amide bonds. The Bertz CT molecular complexity index is 1110. The lowest BCUT2D eigenvalue weighted by Crippen LogP contribution is -2.16. The summed E-state index contributed by atoms with van der Waals surface area (Å²) in [6.45, 7) is 1.11. The number of nitro groups is 1. The van der Waals surface area contributed by atoms with E-state index in [2.05, 4.69) is 10.3 Å². The summed E-state index contributed by atoms with van der Waals surface area (Å²) in [6.07, 6.45) is 0. The van der Waals surface area contributed by atoms with E-state index in [1.807, 2.05) is 34.9 Å². The smallest absolute Gasteiger partial charge is 0.270 e. The minimum absolute atomic E-state index is 0.0323. The van der Waals surface area contributed by atoms with E-state index in [1.54, 1.807) is 7.11 Å². The average molecular weight is 411 g/mol. The number of anilines is 1. The molecule has 0 aliphatic rings. The minimum Gasteiger partial charge on any atom is -0.383 e. The largest absolute Gasteiger partial charge is 0.383 e. The molecule has 0 fully saturated rings. The number of nitrogens with zero attached hydrogens (tertiary/aromatic N) is 4. The number of rotatable bonds is 8. The lowest BCUT2D eigenvalue weighted by atomic mass is 10.1. The third-order valence-corrected chi connectivity index (χ3v) is 5.06.